The molecule has 1 aliphatic carbocycles. The summed E-state index contributed by atoms with van der Waals surface area (Å²) in [5.41, 5.74) is 3.54. The molecule has 1 saturated heterocycles. The number of fused-ring (bicyclic) bond motifs is 3. The zero-order chi connectivity index (χ0) is 14.1. The first kappa shape index (κ1) is 16.5. The summed E-state index contributed by atoms with van der Waals surface area (Å²) in [5, 5.41) is 20.7. The smallest absolute Gasteiger partial charge is 0.231 e. The number of rotatable bonds is 0. The third-order valence-electron chi connectivity index (χ3n) is 5.27. The van der Waals surface area contributed by atoms with Gasteiger partial charge in [0.1, 0.15) is 0 Å². The summed E-state index contributed by atoms with van der Waals surface area (Å²) in [5.74, 6) is 1.45. The van der Waals surface area contributed by atoms with Crippen LogP contribution in [0.25, 0.3) is 0 Å². The highest BCUT2D eigenvalue weighted by atomic mass is 35.5. The van der Waals surface area contributed by atoms with Gasteiger partial charge in [-0.15, -0.1) is 12.4 Å². The Morgan fingerprint density at radius 2 is 1.87 bits per heavy atom. The van der Waals surface area contributed by atoms with E-state index in [0.29, 0.717) is 0 Å². The van der Waals surface area contributed by atoms with Gasteiger partial charge >= 0.3 is 0 Å². The third kappa shape index (κ3) is 2.17. The first-order valence-corrected chi connectivity index (χ1v) is 7.45. The summed E-state index contributed by atoms with van der Waals surface area (Å²) in [6, 6.07) is 4.25. The van der Waals surface area contributed by atoms with Gasteiger partial charge in [-0.3, -0.25) is 4.90 Å². The molecule has 0 bridgehead atoms. The Hall–Kier alpha value is -1.31. The molecule has 23 heavy (non-hydrogen) atoms. The zero-order valence-corrected chi connectivity index (χ0v) is 13.3. The van der Waals surface area contributed by atoms with Crippen LogP contribution in [0, 0.1) is 0 Å². The van der Waals surface area contributed by atoms with Crippen molar-refractivity contribution in [1.29, 1.82) is 0 Å². The quantitative estimate of drug-likeness (QED) is 0.664. The van der Waals surface area contributed by atoms with Crippen LogP contribution in [0.3, 0.4) is 0 Å². The SMILES string of the molecule is Cl.O.O[C@H]1C=C2CCN3Cc4cc5c(cc4C(C23)[C@@H]1O)OCO5. The predicted octanol–water partition coefficient (Wildman–Crippen LogP) is 0.346. The van der Waals surface area contributed by atoms with Crippen LogP contribution in [0.2, 0.25) is 0 Å². The lowest BCUT2D eigenvalue weighted by Crippen LogP contribution is -2.49. The van der Waals surface area contributed by atoms with Gasteiger partial charge in [0, 0.05) is 25.0 Å². The molecule has 3 aliphatic heterocycles. The van der Waals surface area contributed by atoms with Crippen LogP contribution in [0.15, 0.2) is 23.8 Å². The second-order valence-corrected chi connectivity index (χ2v) is 6.32. The largest absolute Gasteiger partial charge is 0.454 e. The average molecular weight is 342 g/mol. The minimum atomic E-state index is -0.780. The Kier molecular flexibility index (Phi) is 4.06. The van der Waals surface area contributed by atoms with E-state index in [1.165, 1.54) is 11.1 Å². The maximum Gasteiger partial charge on any atom is 0.231 e. The van der Waals surface area contributed by atoms with Gasteiger partial charge in [-0.25, -0.2) is 0 Å². The fourth-order valence-electron chi connectivity index (χ4n) is 4.35. The molecule has 0 amide bonds. The lowest BCUT2D eigenvalue weighted by Gasteiger charge is -2.44. The number of halogens is 1. The molecule has 4 N–H and O–H groups in total. The van der Waals surface area contributed by atoms with E-state index in [4.69, 9.17) is 9.47 Å². The van der Waals surface area contributed by atoms with Crippen LogP contribution >= 0.6 is 12.4 Å². The lowest BCUT2D eigenvalue weighted by molar-refractivity contribution is -0.00157. The summed E-state index contributed by atoms with van der Waals surface area (Å²) in [6.45, 7) is 2.11. The van der Waals surface area contributed by atoms with Crippen molar-refractivity contribution in [2.45, 2.75) is 37.1 Å². The van der Waals surface area contributed by atoms with Crippen LogP contribution in [0.4, 0.5) is 0 Å². The van der Waals surface area contributed by atoms with Crippen LogP contribution in [0.5, 0.6) is 11.5 Å². The number of aliphatic hydroxyl groups excluding tert-OH is 2. The van der Waals surface area contributed by atoms with Gasteiger partial charge in [0.2, 0.25) is 6.79 Å². The highest BCUT2D eigenvalue weighted by Crippen LogP contribution is 2.49. The lowest BCUT2D eigenvalue weighted by atomic mass is 9.73. The average Bonchev–Trinajstić information content (AvgIpc) is 3.08. The van der Waals surface area contributed by atoms with Gasteiger partial charge in [-0.2, -0.15) is 0 Å². The van der Waals surface area contributed by atoms with Crippen molar-refractivity contribution in [3.05, 3.63) is 34.9 Å². The summed E-state index contributed by atoms with van der Waals surface area (Å²) in [7, 11) is 0. The van der Waals surface area contributed by atoms with Gasteiger partial charge in [0.15, 0.2) is 11.5 Å². The topological polar surface area (TPSA) is 93.7 Å². The van der Waals surface area contributed by atoms with Crippen molar-refractivity contribution in [2.75, 3.05) is 13.3 Å². The van der Waals surface area contributed by atoms with E-state index in [1.807, 2.05) is 18.2 Å². The molecule has 0 radical (unpaired) electrons. The summed E-state index contributed by atoms with van der Waals surface area (Å²) >= 11 is 0. The Morgan fingerprint density at radius 3 is 2.65 bits per heavy atom. The van der Waals surface area contributed by atoms with Crippen LogP contribution < -0.4 is 9.47 Å². The normalized spacial score (nSPS) is 33.0. The maximum absolute atomic E-state index is 10.5. The molecular formula is C16H20ClNO5. The van der Waals surface area contributed by atoms with E-state index in [-0.39, 0.29) is 36.6 Å². The Morgan fingerprint density at radius 1 is 1.13 bits per heavy atom. The van der Waals surface area contributed by atoms with E-state index < -0.39 is 12.2 Å². The van der Waals surface area contributed by atoms with E-state index in [9.17, 15) is 10.2 Å². The van der Waals surface area contributed by atoms with Gasteiger partial charge in [0.25, 0.3) is 0 Å². The molecule has 1 fully saturated rings. The molecule has 5 rings (SSSR count). The zero-order valence-electron chi connectivity index (χ0n) is 12.4. The molecule has 3 heterocycles. The van der Waals surface area contributed by atoms with Crippen LogP contribution in [-0.4, -0.2) is 52.2 Å². The van der Waals surface area contributed by atoms with Crippen molar-refractivity contribution < 1.29 is 25.2 Å². The molecular weight excluding hydrogens is 322 g/mol. The van der Waals surface area contributed by atoms with Gasteiger partial charge < -0.3 is 25.2 Å². The fourth-order valence-corrected chi connectivity index (χ4v) is 4.35. The van der Waals surface area contributed by atoms with Crippen LogP contribution in [-0.2, 0) is 6.54 Å². The second kappa shape index (κ2) is 5.65. The van der Waals surface area contributed by atoms with Crippen molar-refractivity contribution in [1.82, 2.24) is 4.90 Å². The molecule has 1 aromatic carbocycles. The van der Waals surface area contributed by atoms with Crippen molar-refractivity contribution in [3.8, 4) is 11.5 Å². The van der Waals surface area contributed by atoms with E-state index in [2.05, 4.69) is 4.90 Å². The first-order valence-electron chi connectivity index (χ1n) is 7.45. The Balaban J connectivity index is 0.000000781. The number of benzene rings is 1. The fraction of sp³-hybridized carbons (Fsp3) is 0.500. The summed E-state index contributed by atoms with van der Waals surface area (Å²) in [6.07, 6.45) is 1.28. The van der Waals surface area contributed by atoms with Crippen molar-refractivity contribution in [2.24, 2.45) is 0 Å². The predicted molar refractivity (Wildman–Crippen MR) is 85.1 cm³/mol. The number of aliphatic hydroxyl groups is 2. The molecule has 126 valence electrons. The Bertz CT molecular complexity index is 664. The number of nitrogens with zero attached hydrogens (tertiary/aromatic N) is 1. The Labute approximate surface area is 140 Å². The van der Waals surface area contributed by atoms with Gasteiger partial charge in [-0.1, -0.05) is 11.6 Å². The molecule has 0 spiro atoms. The van der Waals surface area contributed by atoms with E-state index >= 15 is 0 Å². The number of hydrogen-bond acceptors (Lipinski definition) is 5. The number of ether oxygens (including phenoxy) is 2. The monoisotopic (exact) mass is 341 g/mol. The minimum Gasteiger partial charge on any atom is -0.454 e. The maximum atomic E-state index is 10.5. The molecule has 1 aromatic rings. The molecule has 4 atom stereocenters. The minimum absolute atomic E-state index is 0. The van der Waals surface area contributed by atoms with Gasteiger partial charge in [-0.05, 0) is 29.7 Å². The standard InChI is InChI=1S/C16H17NO4.ClH.H2O/c18-11-3-8-1-2-17-6-9-4-12-13(21-7-20-12)5-10(9)14(15(8)17)16(11)19;;/h3-5,11,14-16,18-19H,1-2,6-7H2;1H;1H2/t11-,14?,15?,16+;;/m0../s1. The molecule has 4 aliphatic rings. The molecule has 0 saturated carbocycles. The number of hydrogen-bond donors (Lipinski definition) is 2. The van der Waals surface area contributed by atoms with E-state index in [0.717, 1.165) is 36.6 Å². The summed E-state index contributed by atoms with van der Waals surface area (Å²) in [4.78, 5) is 2.40. The highest BCUT2D eigenvalue weighted by molar-refractivity contribution is 5.85. The molecule has 0 aromatic heterocycles. The third-order valence-corrected chi connectivity index (χ3v) is 5.27. The van der Waals surface area contributed by atoms with Crippen LogP contribution in [0.1, 0.15) is 23.5 Å². The molecule has 7 heteroatoms. The molecule has 2 unspecified atom stereocenters. The molecule has 6 nitrogen and oxygen atoms in total. The van der Waals surface area contributed by atoms with Crippen molar-refractivity contribution >= 4 is 12.4 Å². The summed E-state index contributed by atoms with van der Waals surface area (Å²) < 4.78 is 10.9. The highest BCUT2D eigenvalue weighted by Gasteiger charge is 2.48. The van der Waals surface area contributed by atoms with Crippen molar-refractivity contribution in [3.63, 3.8) is 0 Å². The van der Waals surface area contributed by atoms with E-state index in [1.54, 1.807) is 0 Å². The second-order valence-electron chi connectivity index (χ2n) is 6.32. The van der Waals surface area contributed by atoms with Gasteiger partial charge in [0.05, 0.1) is 12.2 Å². The first-order chi connectivity index (χ1) is 10.2.